The number of hydrogen-bond donors (Lipinski definition) is 0. The van der Waals surface area contributed by atoms with E-state index in [0.29, 0.717) is 11.6 Å². The summed E-state index contributed by atoms with van der Waals surface area (Å²) in [6.45, 7) is 2.70. The number of hydrogen-bond acceptors (Lipinski definition) is 5. The van der Waals surface area contributed by atoms with E-state index in [0.717, 1.165) is 41.7 Å². The van der Waals surface area contributed by atoms with Gasteiger partial charge in [0, 0.05) is 22.5 Å². The molecule has 35 heavy (non-hydrogen) atoms. The Morgan fingerprint density at radius 1 is 1.17 bits per heavy atom. The number of carbonyl (C=O) groups excluding carboxylic acids is 2. The van der Waals surface area contributed by atoms with Crippen molar-refractivity contribution in [2.45, 2.75) is 56.7 Å². The van der Waals surface area contributed by atoms with Crippen molar-refractivity contribution in [3.05, 3.63) is 81.2 Å². The molecule has 0 aromatic heterocycles. The molecule has 0 unspecified atom stereocenters. The summed E-state index contributed by atoms with van der Waals surface area (Å²) >= 11 is 6.13. The first kappa shape index (κ1) is 25.0. The van der Waals surface area contributed by atoms with Crippen LogP contribution >= 0.6 is 11.6 Å². The van der Waals surface area contributed by atoms with Gasteiger partial charge in [-0.3, -0.25) is 4.79 Å². The fraction of sp³-hybridized carbons (Fsp3) is 0.462. The SMILES string of the molecule is CCO[C@H]1CC[C@H]([C@H](c2ccc(Cl)cc2)[C@H](N=[N+]=[N-])C(=O)N2C(=O)OC[C@@H]2c2ccccc2)CC1. The topological polar surface area (TPSA) is 105 Å². The van der Waals surface area contributed by atoms with Gasteiger partial charge in [-0.2, -0.15) is 0 Å². The van der Waals surface area contributed by atoms with Gasteiger partial charge in [0.25, 0.3) is 0 Å². The second kappa shape index (κ2) is 11.6. The van der Waals surface area contributed by atoms with Crippen molar-refractivity contribution in [2.24, 2.45) is 11.0 Å². The zero-order valence-corrected chi connectivity index (χ0v) is 20.4. The predicted octanol–water partition coefficient (Wildman–Crippen LogP) is 6.42. The molecule has 0 bridgehead atoms. The molecule has 3 atom stereocenters. The molecule has 1 saturated heterocycles. The minimum atomic E-state index is -1.10. The van der Waals surface area contributed by atoms with Gasteiger partial charge in [0.15, 0.2) is 0 Å². The molecule has 8 nitrogen and oxygen atoms in total. The van der Waals surface area contributed by atoms with Gasteiger partial charge < -0.3 is 9.47 Å². The number of halogens is 1. The average molecular weight is 497 g/mol. The highest BCUT2D eigenvalue weighted by atomic mass is 35.5. The standard InChI is InChI=1S/C26H29ClN4O4/c1-2-34-21-14-10-19(11-15-21)23(18-8-12-20(27)13-9-18)24(29-30-28)25(32)31-22(16-35-26(31)33)17-6-4-3-5-7-17/h3-9,12-13,19,21-24H,2,10-11,14-16H2,1H3/t19-,21-,22-,23+,24+/m1/s1. The molecule has 2 aliphatic rings. The number of azide groups is 1. The predicted molar refractivity (Wildman–Crippen MR) is 132 cm³/mol. The van der Waals surface area contributed by atoms with E-state index in [-0.39, 0.29) is 18.6 Å². The van der Waals surface area contributed by atoms with Crippen LogP contribution in [-0.4, -0.2) is 42.3 Å². The molecule has 2 fully saturated rings. The Bertz CT molecular complexity index is 1070. The van der Waals surface area contributed by atoms with Gasteiger partial charge in [0.1, 0.15) is 18.7 Å². The van der Waals surface area contributed by atoms with Gasteiger partial charge in [-0.15, -0.1) is 0 Å². The van der Waals surface area contributed by atoms with Crippen molar-refractivity contribution < 1.29 is 19.1 Å². The third-order valence-corrected chi connectivity index (χ3v) is 7.20. The molecule has 2 aromatic carbocycles. The van der Waals surface area contributed by atoms with E-state index in [4.69, 9.17) is 21.1 Å². The monoisotopic (exact) mass is 496 g/mol. The van der Waals surface area contributed by atoms with E-state index >= 15 is 0 Å². The smallest absolute Gasteiger partial charge is 0.417 e. The third-order valence-electron chi connectivity index (χ3n) is 6.95. The maximum atomic E-state index is 13.9. The Balaban J connectivity index is 1.69. The highest BCUT2D eigenvalue weighted by Crippen LogP contribution is 2.42. The van der Waals surface area contributed by atoms with E-state index < -0.39 is 30.0 Å². The Morgan fingerprint density at radius 3 is 2.49 bits per heavy atom. The lowest BCUT2D eigenvalue weighted by Gasteiger charge is -2.37. The zero-order chi connectivity index (χ0) is 24.8. The van der Waals surface area contributed by atoms with Gasteiger partial charge in [-0.25, -0.2) is 9.69 Å². The fourth-order valence-corrected chi connectivity index (χ4v) is 5.43. The molecule has 1 saturated carbocycles. The van der Waals surface area contributed by atoms with Crippen LogP contribution in [0.15, 0.2) is 59.7 Å². The highest BCUT2D eigenvalue weighted by molar-refractivity contribution is 6.30. The average Bonchev–Trinajstić information content (AvgIpc) is 3.27. The van der Waals surface area contributed by atoms with Gasteiger partial charge in [-0.1, -0.05) is 59.2 Å². The normalized spacial score (nSPS) is 23.8. The van der Waals surface area contributed by atoms with Gasteiger partial charge in [0.05, 0.1) is 6.10 Å². The van der Waals surface area contributed by atoms with Crippen molar-refractivity contribution in [3.63, 3.8) is 0 Å². The molecule has 184 valence electrons. The largest absolute Gasteiger partial charge is 0.446 e. The van der Waals surface area contributed by atoms with Crippen LogP contribution in [0.3, 0.4) is 0 Å². The van der Waals surface area contributed by atoms with Crippen LogP contribution < -0.4 is 0 Å². The van der Waals surface area contributed by atoms with Gasteiger partial charge >= 0.3 is 6.09 Å². The molecule has 2 aromatic rings. The minimum absolute atomic E-state index is 0.0582. The number of imide groups is 1. The van der Waals surface area contributed by atoms with Gasteiger partial charge in [-0.05, 0) is 67.3 Å². The molecule has 2 amide bonds. The number of carbonyl (C=O) groups is 2. The first-order valence-corrected chi connectivity index (χ1v) is 12.4. The second-order valence-electron chi connectivity index (χ2n) is 8.93. The summed E-state index contributed by atoms with van der Waals surface area (Å²) in [6.07, 6.45) is 2.81. The van der Waals surface area contributed by atoms with E-state index in [9.17, 15) is 15.1 Å². The number of ether oxygens (including phenoxy) is 2. The summed E-state index contributed by atoms with van der Waals surface area (Å²) in [7, 11) is 0. The van der Waals surface area contributed by atoms with Crippen molar-refractivity contribution in [2.75, 3.05) is 13.2 Å². The lowest BCUT2D eigenvalue weighted by atomic mass is 9.72. The summed E-state index contributed by atoms with van der Waals surface area (Å²) in [5.41, 5.74) is 11.1. The van der Waals surface area contributed by atoms with Crippen LogP contribution in [0, 0.1) is 5.92 Å². The van der Waals surface area contributed by atoms with E-state index in [1.165, 1.54) is 0 Å². The maximum absolute atomic E-state index is 13.9. The van der Waals surface area contributed by atoms with Gasteiger partial charge in [0.2, 0.25) is 5.91 Å². The van der Waals surface area contributed by atoms with E-state index in [1.54, 1.807) is 12.1 Å². The van der Waals surface area contributed by atoms with Crippen molar-refractivity contribution in [1.82, 2.24) is 4.90 Å². The summed E-state index contributed by atoms with van der Waals surface area (Å²) in [5, 5.41) is 4.55. The molecule has 1 aliphatic heterocycles. The number of nitrogens with zero attached hydrogens (tertiary/aromatic N) is 4. The first-order valence-electron chi connectivity index (χ1n) is 12.0. The highest BCUT2D eigenvalue weighted by Gasteiger charge is 2.45. The molecule has 9 heteroatoms. The van der Waals surface area contributed by atoms with Crippen molar-refractivity contribution >= 4 is 23.6 Å². The molecule has 0 spiro atoms. The maximum Gasteiger partial charge on any atom is 0.417 e. The zero-order valence-electron chi connectivity index (χ0n) is 19.6. The Morgan fingerprint density at radius 2 is 1.86 bits per heavy atom. The molecular formula is C26H29ClN4O4. The van der Waals surface area contributed by atoms with Crippen molar-refractivity contribution in [3.8, 4) is 0 Å². The van der Waals surface area contributed by atoms with Crippen LogP contribution in [0.4, 0.5) is 4.79 Å². The number of rotatable bonds is 8. The summed E-state index contributed by atoms with van der Waals surface area (Å²) < 4.78 is 11.1. The van der Waals surface area contributed by atoms with Crippen LogP contribution in [0.2, 0.25) is 5.02 Å². The molecule has 4 rings (SSSR count). The number of amides is 2. The van der Waals surface area contributed by atoms with Crippen molar-refractivity contribution in [1.29, 1.82) is 0 Å². The Kier molecular flexibility index (Phi) is 8.29. The summed E-state index contributed by atoms with van der Waals surface area (Å²) in [4.78, 5) is 30.8. The van der Waals surface area contributed by atoms with Crippen LogP contribution in [0.1, 0.15) is 55.7 Å². The Labute approximate surface area is 209 Å². The molecule has 1 heterocycles. The summed E-state index contributed by atoms with van der Waals surface area (Å²) in [5.74, 6) is -0.893. The first-order chi connectivity index (χ1) is 17.0. The van der Waals surface area contributed by atoms with Crippen LogP contribution in [-0.2, 0) is 14.3 Å². The van der Waals surface area contributed by atoms with Crippen LogP contribution in [0.25, 0.3) is 10.4 Å². The Hall–Kier alpha value is -3.06. The fourth-order valence-electron chi connectivity index (χ4n) is 5.31. The quantitative estimate of drug-likeness (QED) is 0.239. The molecule has 0 N–H and O–H groups in total. The lowest BCUT2D eigenvalue weighted by molar-refractivity contribution is -0.131. The van der Waals surface area contributed by atoms with E-state index in [2.05, 4.69) is 10.0 Å². The molecule has 0 radical (unpaired) electrons. The molecule has 1 aliphatic carbocycles. The number of benzene rings is 2. The number of cyclic esters (lactones) is 1. The molecular weight excluding hydrogens is 468 g/mol. The van der Waals surface area contributed by atoms with Crippen LogP contribution in [0.5, 0.6) is 0 Å². The van der Waals surface area contributed by atoms with E-state index in [1.807, 2.05) is 49.4 Å². The summed E-state index contributed by atoms with van der Waals surface area (Å²) in [6, 6.07) is 14.8. The lowest BCUT2D eigenvalue weighted by Crippen LogP contribution is -2.45. The second-order valence-corrected chi connectivity index (χ2v) is 9.37. The minimum Gasteiger partial charge on any atom is -0.446 e. The third kappa shape index (κ3) is 5.61.